The molecule has 31 heavy (non-hydrogen) atoms. The number of methoxy groups -OCH3 is 1. The van der Waals surface area contributed by atoms with E-state index in [-0.39, 0.29) is 6.04 Å². The first kappa shape index (κ1) is 20.2. The monoisotopic (exact) mass is 415 g/mol. The number of nitrogens with zero attached hydrogens (tertiary/aromatic N) is 2. The number of rotatable bonds is 6. The summed E-state index contributed by atoms with van der Waals surface area (Å²) in [5, 5.41) is 12.8. The Hall–Kier alpha value is -2.69. The van der Waals surface area contributed by atoms with Gasteiger partial charge < -0.3 is 14.3 Å². The number of aromatic nitrogens is 1. The van der Waals surface area contributed by atoms with Gasteiger partial charge in [0.05, 0.1) is 25.7 Å². The molecular weight excluding hydrogens is 384 g/mol. The first-order valence-electron chi connectivity index (χ1n) is 11.3. The van der Waals surface area contributed by atoms with Crippen LogP contribution < -0.4 is 4.74 Å². The first-order valence-corrected chi connectivity index (χ1v) is 11.3. The lowest BCUT2D eigenvalue weighted by atomic mass is 9.71. The summed E-state index contributed by atoms with van der Waals surface area (Å²) in [6.07, 6.45) is 5.65. The Morgan fingerprint density at radius 2 is 2.06 bits per heavy atom. The van der Waals surface area contributed by atoms with E-state index in [9.17, 15) is 5.11 Å². The summed E-state index contributed by atoms with van der Waals surface area (Å²) >= 11 is 0. The van der Waals surface area contributed by atoms with Crippen molar-refractivity contribution in [2.45, 2.75) is 31.5 Å². The van der Waals surface area contributed by atoms with Gasteiger partial charge in [0.25, 0.3) is 0 Å². The number of ether oxygens (including phenoxy) is 1. The van der Waals surface area contributed by atoms with Gasteiger partial charge in [-0.2, -0.15) is 0 Å². The van der Waals surface area contributed by atoms with Crippen molar-refractivity contribution in [1.29, 1.82) is 0 Å². The highest BCUT2D eigenvalue weighted by molar-refractivity contribution is 5.83. The van der Waals surface area contributed by atoms with Crippen molar-refractivity contribution in [2.75, 3.05) is 20.2 Å². The number of piperidine rings is 3. The smallest absolute Gasteiger partial charge is 0.131 e. The molecule has 4 nitrogen and oxygen atoms in total. The van der Waals surface area contributed by atoms with E-state index >= 15 is 0 Å². The van der Waals surface area contributed by atoms with Gasteiger partial charge >= 0.3 is 0 Å². The Balaban J connectivity index is 1.56. The zero-order valence-corrected chi connectivity index (χ0v) is 18.2. The maximum absolute atomic E-state index is 11.8. The van der Waals surface area contributed by atoms with Crippen LogP contribution in [0.3, 0.4) is 0 Å². The first-order chi connectivity index (χ1) is 15.1. The average Bonchev–Trinajstić information content (AvgIpc) is 2.83. The number of pyridine rings is 1. The van der Waals surface area contributed by atoms with E-state index in [1.807, 2.05) is 30.5 Å². The molecule has 0 radical (unpaired) electrons. The number of aliphatic hydroxyl groups is 1. The molecule has 0 spiro atoms. The molecule has 3 aliphatic rings. The Labute approximate surface area is 184 Å². The highest BCUT2D eigenvalue weighted by Crippen LogP contribution is 2.48. The molecule has 5 atom stereocenters. The molecule has 1 N–H and O–H groups in total. The molecule has 6 rings (SSSR count). The zero-order chi connectivity index (χ0) is 21.4. The van der Waals surface area contributed by atoms with E-state index in [0.29, 0.717) is 11.8 Å². The second-order valence-electron chi connectivity index (χ2n) is 9.25. The van der Waals surface area contributed by atoms with Gasteiger partial charge in [0.1, 0.15) is 24.4 Å². The zero-order valence-electron chi connectivity index (χ0n) is 18.2. The van der Waals surface area contributed by atoms with E-state index in [4.69, 9.17) is 4.74 Å². The molecule has 0 amide bonds. The van der Waals surface area contributed by atoms with Crippen molar-refractivity contribution in [3.63, 3.8) is 0 Å². The summed E-state index contributed by atoms with van der Waals surface area (Å²) in [5.74, 6) is 1.92. The van der Waals surface area contributed by atoms with Gasteiger partial charge in [-0.3, -0.25) is 4.98 Å². The molecule has 3 saturated heterocycles. The van der Waals surface area contributed by atoms with Crippen molar-refractivity contribution in [1.82, 2.24) is 4.98 Å². The lowest BCUT2D eigenvalue weighted by Crippen LogP contribution is -2.67. The molecule has 3 aromatic rings. The van der Waals surface area contributed by atoms with Gasteiger partial charge in [-0.25, -0.2) is 0 Å². The largest absolute Gasteiger partial charge is 0.497 e. The molecular formula is C27H31N2O2+. The number of benzene rings is 2. The predicted octanol–water partition coefficient (Wildman–Crippen LogP) is 4.89. The standard InChI is InChI=1S/C27H31N2O2/c1-3-20-18-29(17-19-7-5-4-6-8-19)14-12-21(20)15-26(29)27(30)23-11-13-28-25-10-9-22(31-2)16-24(23)25/h3-11,13,16,20-21,26-27,30H,1,12,14-15,17-18H2,2H3/q+1/t20-,21+,26+,27-,29-/m1/s1. The quantitative estimate of drug-likeness (QED) is 0.460. The van der Waals surface area contributed by atoms with Crippen molar-refractivity contribution in [2.24, 2.45) is 11.8 Å². The minimum atomic E-state index is -0.546. The molecule has 1 aromatic heterocycles. The molecule has 4 heterocycles. The lowest BCUT2D eigenvalue weighted by molar-refractivity contribution is -0.984. The lowest BCUT2D eigenvalue weighted by Gasteiger charge is -2.58. The predicted molar refractivity (Wildman–Crippen MR) is 124 cm³/mol. The van der Waals surface area contributed by atoms with Gasteiger partial charge in [0.15, 0.2) is 0 Å². The number of fused-ring (bicyclic) bond motifs is 4. The van der Waals surface area contributed by atoms with Crippen LogP contribution in [-0.4, -0.2) is 40.8 Å². The third-order valence-corrected chi connectivity index (χ3v) is 7.68. The third-order valence-electron chi connectivity index (χ3n) is 7.68. The maximum atomic E-state index is 11.8. The Morgan fingerprint density at radius 1 is 1.23 bits per heavy atom. The average molecular weight is 416 g/mol. The second kappa shape index (κ2) is 8.10. The summed E-state index contributed by atoms with van der Waals surface area (Å²) in [5.41, 5.74) is 3.19. The van der Waals surface area contributed by atoms with Gasteiger partial charge in [0.2, 0.25) is 0 Å². The van der Waals surface area contributed by atoms with Crippen LogP contribution in [0, 0.1) is 11.8 Å². The van der Waals surface area contributed by atoms with E-state index in [2.05, 4.69) is 48.0 Å². The molecule has 2 bridgehead atoms. The summed E-state index contributed by atoms with van der Waals surface area (Å²) in [7, 11) is 1.68. The highest BCUT2D eigenvalue weighted by atomic mass is 16.5. The van der Waals surface area contributed by atoms with Crippen LogP contribution in [0.15, 0.2) is 73.4 Å². The van der Waals surface area contributed by atoms with Crippen LogP contribution in [0.5, 0.6) is 5.75 Å². The number of hydrogen-bond acceptors (Lipinski definition) is 3. The minimum absolute atomic E-state index is 0.159. The summed E-state index contributed by atoms with van der Waals surface area (Å²) in [6.45, 7) is 7.25. The Morgan fingerprint density at radius 3 is 2.84 bits per heavy atom. The number of aliphatic hydroxyl groups excluding tert-OH is 1. The van der Waals surface area contributed by atoms with E-state index in [1.54, 1.807) is 7.11 Å². The maximum Gasteiger partial charge on any atom is 0.131 e. The molecule has 4 heteroatoms. The van der Waals surface area contributed by atoms with Crippen LogP contribution in [-0.2, 0) is 6.54 Å². The normalized spacial score (nSPS) is 28.4. The fourth-order valence-electron chi connectivity index (χ4n) is 6.07. The molecule has 2 aromatic carbocycles. The fraction of sp³-hybridized carbons (Fsp3) is 0.370. The third kappa shape index (κ3) is 3.54. The van der Waals surface area contributed by atoms with Crippen molar-refractivity contribution >= 4 is 10.9 Å². The number of quaternary nitrogens is 1. The SMILES string of the molecule is C=C[C@@H]1C[N@+]2(Cc3ccccc3)CC[C@H]1C[C@H]2[C@H](O)c1ccnc2ccc(OC)cc12. The Kier molecular flexibility index (Phi) is 5.28. The fourth-order valence-corrected chi connectivity index (χ4v) is 6.07. The summed E-state index contributed by atoms with van der Waals surface area (Å²) in [4.78, 5) is 4.52. The van der Waals surface area contributed by atoms with Crippen molar-refractivity contribution < 1.29 is 14.3 Å². The van der Waals surface area contributed by atoms with E-state index in [0.717, 1.165) is 52.8 Å². The molecule has 160 valence electrons. The van der Waals surface area contributed by atoms with E-state index in [1.165, 1.54) is 12.0 Å². The molecule has 3 aliphatic heterocycles. The Bertz CT molecular complexity index is 1080. The van der Waals surface area contributed by atoms with Crippen LogP contribution >= 0.6 is 0 Å². The minimum Gasteiger partial charge on any atom is -0.497 e. The molecule has 3 fully saturated rings. The summed E-state index contributed by atoms with van der Waals surface area (Å²) in [6, 6.07) is 18.8. The van der Waals surface area contributed by atoms with Gasteiger partial charge in [-0.1, -0.05) is 36.4 Å². The van der Waals surface area contributed by atoms with E-state index < -0.39 is 6.10 Å². The summed E-state index contributed by atoms with van der Waals surface area (Å²) < 4.78 is 6.38. The highest BCUT2D eigenvalue weighted by Gasteiger charge is 2.53. The van der Waals surface area contributed by atoms with Gasteiger partial charge in [-0.05, 0) is 35.7 Å². The van der Waals surface area contributed by atoms with Crippen molar-refractivity contribution in [3.05, 3.63) is 84.6 Å². The van der Waals surface area contributed by atoms with Crippen LogP contribution in [0.2, 0.25) is 0 Å². The van der Waals surface area contributed by atoms with Crippen LogP contribution in [0.25, 0.3) is 10.9 Å². The van der Waals surface area contributed by atoms with Crippen molar-refractivity contribution in [3.8, 4) is 5.75 Å². The van der Waals surface area contributed by atoms with Crippen LogP contribution in [0.1, 0.15) is 30.1 Å². The molecule has 0 saturated carbocycles. The number of hydrogen-bond donors (Lipinski definition) is 1. The van der Waals surface area contributed by atoms with Gasteiger partial charge in [0, 0.05) is 35.9 Å². The molecule has 0 unspecified atom stereocenters. The second-order valence-corrected chi connectivity index (χ2v) is 9.25. The van der Waals surface area contributed by atoms with Crippen LogP contribution in [0.4, 0.5) is 0 Å². The topological polar surface area (TPSA) is 42.4 Å². The molecule has 0 aliphatic carbocycles. The van der Waals surface area contributed by atoms with Gasteiger partial charge in [-0.15, -0.1) is 6.58 Å².